The average Bonchev–Trinajstić information content (AvgIpc) is 1.90. The van der Waals surface area contributed by atoms with Crippen molar-refractivity contribution in [3.05, 3.63) is 17.5 Å². The molecule has 0 bridgehead atoms. The lowest BCUT2D eigenvalue weighted by atomic mass is 9.96. The van der Waals surface area contributed by atoms with Gasteiger partial charge < -0.3 is 83.4 Å². The summed E-state index contributed by atoms with van der Waals surface area (Å²) in [4.78, 5) is 32.8. The number of urea groups is 1. The molecule has 4 rings (SSSR count). The average molecular weight is 1270 g/mol. The number of sulfonamides is 1. The number of carbonyl (C=O) groups is 3. The van der Waals surface area contributed by atoms with E-state index >= 15 is 8.78 Å². The highest BCUT2D eigenvalue weighted by molar-refractivity contribution is 8.00. The van der Waals surface area contributed by atoms with Gasteiger partial charge in [-0.25, -0.2) is 39.9 Å². The van der Waals surface area contributed by atoms with Gasteiger partial charge in [0.15, 0.2) is 32.2 Å². The fourth-order valence-corrected chi connectivity index (χ4v) is 12.6. The van der Waals surface area contributed by atoms with Gasteiger partial charge in [0.1, 0.15) is 4.90 Å². The van der Waals surface area contributed by atoms with E-state index in [1.807, 2.05) is 11.8 Å². The molecule has 2 saturated heterocycles. The second kappa shape index (κ2) is 44.2. The Morgan fingerprint density at radius 2 is 0.917 bits per heavy atom. The van der Waals surface area contributed by atoms with Crippen LogP contribution in [0.1, 0.15) is 77.0 Å². The molecule has 486 valence electrons. The zero-order chi connectivity index (χ0) is 60.5. The number of benzene rings is 1. The van der Waals surface area contributed by atoms with Crippen molar-refractivity contribution in [3.63, 3.8) is 0 Å². The Hall–Kier alpha value is -3.25. The molecule has 3 fully saturated rings. The summed E-state index contributed by atoms with van der Waals surface area (Å²) in [6.07, 6.45) is 8.16. The van der Waals surface area contributed by atoms with Crippen molar-refractivity contribution in [2.24, 2.45) is 5.14 Å². The summed E-state index contributed by atoms with van der Waals surface area (Å²) in [6, 6.07) is -0.182. The van der Waals surface area contributed by atoms with Gasteiger partial charge in [-0.1, -0.05) is 38.5 Å². The Morgan fingerprint density at radius 3 is 1.38 bits per heavy atom. The number of primary sulfonamides is 1. The molecule has 84 heavy (non-hydrogen) atoms. The Bertz CT molecular complexity index is 2230. The number of rotatable bonds is 51. The highest BCUT2D eigenvalue weighted by Crippen LogP contribution is 2.37. The number of halogens is 3. The van der Waals surface area contributed by atoms with Crippen molar-refractivity contribution >= 4 is 55.2 Å². The largest absolute Gasteiger partial charge is 0.379 e. The number of ether oxygens (including phenoxy) is 12. The van der Waals surface area contributed by atoms with E-state index in [2.05, 4.69) is 26.6 Å². The van der Waals surface area contributed by atoms with Crippen LogP contribution < -0.4 is 31.7 Å². The van der Waals surface area contributed by atoms with Crippen LogP contribution in [0.25, 0.3) is 0 Å². The van der Waals surface area contributed by atoms with Gasteiger partial charge in [-0.15, -0.1) is 0 Å². The second-order valence-corrected chi connectivity index (χ2v) is 24.5. The summed E-state index contributed by atoms with van der Waals surface area (Å²) in [5.74, 6) is -6.73. The molecule has 31 heteroatoms. The van der Waals surface area contributed by atoms with Crippen LogP contribution >= 0.6 is 11.8 Å². The monoisotopic (exact) mass is 1270 g/mol. The van der Waals surface area contributed by atoms with Gasteiger partial charge in [0.2, 0.25) is 21.8 Å². The van der Waals surface area contributed by atoms with Crippen LogP contribution in [-0.2, 0) is 86.3 Å². The van der Waals surface area contributed by atoms with Crippen molar-refractivity contribution in [2.75, 3.05) is 188 Å². The summed E-state index contributed by atoms with van der Waals surface area (Å²) in [6.45, 7) is 8.97. The number of nitrogens with two attached hydrogens (primary N) is 1. The number of anilines is 1. The Balaban J connectivity index is 0.810. The molecule has 1 aromatic carbocycles. The molecule has 7 N–H and O–H groups in total. The number of carbonyl (C=O) groups excluding carboxylic acids is 3. The highest BCUT2D eigenvalue weighted by Gasteiger charge is 2.42. The molecule has 4 amide bonds. The van der Waals surface area contributed by atoms with Gasteiger partial charge in [-0.3, -0.25) is 9.59 Å². The summed E-state index contributed by atoms with van der Waals surface area (Å²) >= 11 is 1.89. The smallest absolute Gasteiger partial charge is 0.315 e. The lowest BCUT2D eigenvalue weighted by Gasteiger charge is -2.25. The summed E-state index contributed by atoms with van der Waals surface area (Å²) in [5, 5.41) is 19.2. The van der Waals surface area contributed by atoms with E-state index in [1.54, 1.807) is 0 Å². The number of hydrogen-bond acceptors (Lipinski definition) is 21. The van der Waals surface area contributed by atoms with Crippen molar-refractivity contribution in [3.8, 4) is 0 Å². The normalized spacial score (nSPS) is 17.6. The number of unbranched alkanes of at least 4 members (excludes halogenated alkanes) is 1. The molecule has 0 radical (unpaired) electrons. The first-order valence-corrected chi connectivity index (χ1v) is 33.3. The van der Waals surface area contributed by atoms with Crippen LogP contribution in [-0.4, -0.2) is 241 Å². The standard InChI is InChI=1S/C53H91F3N6O19S3/c54-46-47(55)52(50(48(56)51(46)84(57,68)69)60-41-8-4-2-1-3-5-9-41)83(66,67)39-14-59-45(64)12-15-70-17-19-72-21-23-74-25-27-76-29-31-78-33-35-80-37-38-81-36-34-79-32-30-77-28-26-75-24-22-73-20-18-71-16-13-58-44(63)11-7-6-10-43-49-42(40-82-43)61-53(65)62-49/h41-43,49,60H,1-40H2,(H,58,63)(H,59,64)(H2,57,68,69)(H2,61,62,65). The highest BCUT2D eigenvalue weighted by atomic mass is 32.2. The zero-order valence-electron chi connectivity index (χ0n) is 48.3. The van der Waals surface area contributed by atoms with Gasteiger partial charge >= 0.3 is 6.03 Å². The van der Waals surface area contributed by atoms with E-state index in [0.29, 0.717) is 183 Å². The number of hydrogen-bond donors (Lipinski definition) is 6. The minimum absolute atomic E-state index is 0.0232. The second-order valence-electron chi connectivity index (χ2n) is 19.7. The minimum Gasteiger partial charge on any atom is -0.379 e. The number of fused-ring (bicyclic) bond motifs is 1. The molecule has 25 nitrogen and oxygen atoms in total. The third-order valence-corrected chi connectivity index (χ3v) is 17.4. The van der Waals surface area contributed by atoms with Gasteiger partial charge in [-0.2, -0.15) is 11.8 Å². The zero-order valence-corrected chi connectivity index (χ0v) is 50.7. The third-order valence-electron chi connectivity index (χ3n) is 13.2. The van der Waals surface area contributed by atoms with E-state index in [4.69, 9.17) is 62.0 Å². The van der Waals surface area contributed by atoms with E-state index < -0.39 is 77.0 Å². The molecule has 3 atom stereocenters. The predicted molar refractivity (Wildman–Crippen MR) is 304 cm³/mol. The fourth-order valence-electron chi connectivity index (χ4n) is 8.92. The molecule has 2 heterocycles. The van der Waals surface area contributed by atoms with Crippen LogP contribution in [0.5, 0.6) is 0 Å². The SMILES string of the molecule is NS(=O)(=O)c1c(F)c(F)c(S(=O)(=O)CCNC(=O)CCOCCOCCOCCOCCOCCOCCOCCOCCOCCOCCOCCOCCNC(=O)CCCCC2SCC3NC(=O)NC32)c(NC2CCCCCCC2)c1F. The maximum absolute atomic E-state index is 15.6. The van der Waals surface area contributed by atoms with E-state index in [1.165, 1.54) is 0 Å². The molecule has 1 saturated carbocycles. The Labute approximate surface area is 497 Å². The van der Waals surface area contributed by atoms with Crippen LogP contribution in [0.3, 0.4) is 0 Å². The summed E-state index contributed by atoms with van der Waals surface area (Å²) in [5.41, 5.74) is -1.01. The van der Waals surface area contributed by atoms with Crippen molar-refractivity contribution in [1.29, 1.82) is 0 Å². The van der Waals surface area contributed by atoms with E-state index in [0.717, 1.165) is 44.3 Å². The fraction of sp³-hybridized carbons (Fsp3) is 0.830. The van der Waals surface area contributed by atoms with Crippen LogP contribution in [0.2, 0.25) is 0 Å². The predicted octanol–water partition coefficient (Wildman–Crippen LogP) is 2.60. The number of thioether (sulfide) groups is 1. The van der Waals surface area contributed by atoms with Crippen molar-refractivity contribution < 1.29 is 101 Å². The van der Waals surface area contributed by atoms with Crippen LogP contribution in [0, 0.1) is 17.5 Å². The van der Waals surface area contributed by atoms with Crippen LogP contribution in [0.15, 0.2) is 9.79 Å². The third kappa shape index (κ3) is 31.1. The van der Waals surface area contributed by atoms with Gasteiger partial charge in [0.25, 0.3) is 0 Å². The van der Waals surface area contributed by atoms with Crippen LogP contribution in [0.4, 0.5) is 23.7 Å². The Morgan fingerprint density at radius 1 is 0.512 bits per heavy atom. The van der Waals surface area contributed by atoms with Crippen molar-refractivity contribution in [1.82, 2.24) is 21.3 Å². The molecule has 2 aliphatic heterocycles. The molecular formula is C53H91F3N6O19S3. The van der Waals surface area contributed by atoms with Gasteiger partial charge in [-0.05, 0) is 25.7 Å². The quantitative estimate of drug-likeness (QED) is 0.0310. The molecular weight excluding hydrogens is 1180 g/mol. The van der Waals surface area contributed by atoms with E-state index in [9.17, 15) is 35.6 Å². The van der Waals surface area contributed by atoms with E-state index in [-0.39, 0.29) is 50.3 Å². The summed E-state index contributed by atoms with van der Waals surface area (Å²) in [7, 11) is -9.94. The Kier molecular flexibility index (Phi) is 38.6. The maximum atomic E-state index is 15.6. The molecule has 3 aliphatic rings. The number of sulfone groups is 1. The topological polar surface area (TPSA) is 316 Å². The molecule has 3 unspecified atom stereocenters. The van der Waals surface area contributed by atoms with Gasteiger partial charge in [0.05, 0.1) is 182 Å². The minimum atomic E-state index is -5.12. The first-order valence-electron chi connectivity index (χ1n) is 29.1. The molecule has 1 aliphatic carbocycles. The summed E-state index contributed by atoms with van der Waals surface area (Å²) < 4.78 is 162. The molecule has 0 spiro atoms. The first kappa shape index (κ1) is 73.2. The van der Waals surface area contributed by atoms with Gasteiger partial charge in [0, 0.05) is 43.0 Å². The molecule has 1 aromatic rings. The molecule has 0 aromatic heterocycles. The lowest BCUT2D eigenvalue weighted by molar-refractivity contribution is -0.122. The maximum Gasteiger partial charge on any atom is 0.315 e. The van der Waals surface area contributed by atoms with Crippen molar-refractivity contribution in [2.45, 2.75) is 110 Å². The lowest BCUT2D eigenvalue weighted by Crippen LogP contribution is -2.36. The number of amides is 4. The number of nitrogens with one attached hydrogen (secondary N) is 5. The first-order chi connectivity index (χ1) is 40.7.